The number of carbonyl (C=O) groups excluding carboxylic acids is 1. The van der Waals surface area contributed by atoms with Gasteiger partial charge in [-0.1, -0.05) is 60.5 Å². The molecule has 0 aliphatic rings. The Hall–Kier alpha value is -4.06. The molecule has 6 nitrogen and oxygen atoms in total. The summed E-state index contributed by atoms with van der Waals surface area (Å²) in [7, 11) is 1.44. The summed E-state index contributed by atoms with van der Waals surface area (Å²) in [5.74, 6) is -0.375. The predicted molar refractivity (Wildman–Crippen MR) is 134 cm³/mol. The van der Waals surface area contributed by atoms with Crippen molar-refractivity contribution in [3.8, 4) is 11.1 Å². The zero-order chi connectivity index (χ0) is 23.5. The second-order valence-corrected chi connectivity index (χ2v) is 8.05. The van der Waals surface area contributed by atoms with Gasteiger partial charge in [-0.3, -0.25) is 9.59 Å². The quantitative estimate of drug-likeness (QED) is 0.200. The minimum atomic E-state index is -0.494. The van der Waals surface area contributed by atoms with Crippen molar-refractivity contribution < 1.29 is 9.53 Å². The summed E-state index contributed by atoms with van der Waals surface area (Å²) >= 11 is 0. The number of pyridine rings is 1. The molecule has 168 valence electrons. The Morgan fingerprint density at radius 2 is 1.82 bits per heavy atom. The number of rotatable bonds is 6. The van der Waals surface area contributed by atoms with Gasteiger partial charge in [0.1, 0.15) is 5.69 Å². The number of aromatic nitrogens is 2. The smallest absolute Gasteiger partial charge is 0.290 e. The lowest BCUT2D eigenvalue weighted by Gasteiger charge is -2.13. The number of benzene rings is 2. The molecule has 0 aliphatic carbocycles. The highest BCUT2D eigenvalue weighted by Gasteiger charge is 2.21. The van der Waals surface area contributed by atoms with Gasteiger partial charge in [0.15, 0.2) is 5.76 Å². The van der Waals surface area contributed by atoms with E-state index in [0.717, 1.165) is 39.5 Å². The number of methoxy groups -OCH3 is 1. The van der Waals surface area contributed by atoms with Crippen LogP contribution in [0, 0.1) is 6.92 Å². The van der Waals surface area contributed by atoms with E-state index in [1.807, 2.05) is 75.4 Å². The van der Waals surface area contributed by atoms with Crippen LogP contribution in [0.25, 0.3) is 33.1 Å². The summed E-state index contributed by atoms with van der Waals surface area (Å²) in [6, 6.07) is 15.6. The van der Waals surface area contributed by atoms with Crippen molar-refractivity contribution in [2.45, 2.75) is 27.2 Å². The molecule has 0 radical (unpaired) electrons. The number of ether oxygens (including phenoxy) is 1. The number of fused-ring (bicyclic) bond motifs is 3. The standard InChI is InChI=1S/C27H27N3O3/c1-5-16(2)12-14-21(33-4)26(31)30-25-22(18-9-7-6-8-10-18)24-23(29-27(25)32)19-15-17(3)11-13-20(19)28-24/h6-15,28H,5H2,1-4H3,(H,29,32)(H,30,31). The molecular weight excluding hydrogens is 414 g/mol. The molecule has 0 aliphatic heterocycles. The first kappa shape index (κ1) is 22.1. The monoisotopic (exact) mass is 441 g/mol. The van der Waals surface area contributed by atoms with Gasteiger partial charge >= 0.3 is 0 Å². The van der Waals surface area contributed by atoms with Crippen LogP contribution in [0.1, 0.15) is 25.8 Å². The van der Waals surface area contributed by atoms with E-state index in [2.05, 4.69) is 15.3 Å². The lowest BCUT2D eigenvalue weighted by molar-refractivity contribution is -0.115. The lowest BCUT2D eigenvalue weighted by Crippen LogP contribution is -2.23. The maximum absolute atomic E-state index is 13.3. The number of anilines is 1. The fourth-order valence-electron chi connectivity index (χ4n) is 3.80. The summed E-state index contributed by atoms with van der Waals surface area (Å²) in [5.41, 5.74) is 5.80. The second-order valence-electron chi connectivity index (χ2n) is 8.05. The highest BCUT2D eigenvalue weighted by Crippen LogP contribution is 2.35. The van der Waals surface area contributed by atoms with E-state index in [1.54, 1.807) is 6.08 Å². The molecular formula is C27H27N3O3. The fraction of sp³-hybridized carbons (Fsp3) is 0.185. The van der Waals surface area contributed by atoms with Gasteiger partial charge in [0, 0.05) is 16.5 Å². The zero-order valence-corrected chi connectivity index (χ0v) is 19.2. The summed E-state index contributed by atoms with van der Waals surface area (Å²) in [6.07, 6.45) is 4.32. The van der Waals surface area contributed by atoms with Crippen molar-refractivity contribution >= 4 is 33.5 Å². The summed E-state index contributed by atoms with van der Waals surface area (Å²) in [6.45, 7) is 6.02. The molecule has 4 aromatic rings. The molecule has 0 saturated carbocycles. The Balaban J connectivity index is 1.93. The molecule has 0 spiro atoms. The van der Waals surface area contributed by atoms with Gasteiger partial charge in [-0.25, -0.2) is 0 Å². The molecule has 6 heteroatoms. The minimum absolute atomic E-state index is 0.119. The van der Waals surface area contributed by atoms with Crippen LogP contribution in [0.4, 0.5) is 5.69 Å². The molecule has 3 N–H and O–H groups in total. The SMILES string of the molecule is CCC(C)=CC=C(OC)C(=O)Nc1c(-c2ccccc2)c2[nH]c3ccc(C)cc3c2[nH]c1=O. The Labute approximate surface area is 192 Å². The number of aromatic amines is 2. The third-order valence-corrected chi connectivity index (χ3v) is 5.74. The molecule has 0 fully saturated rings. The average molecular weight is 442 g/mol. The first-order chi connectivity index (χ1) is 15.9. The topological polar surface area (TPSA) is 87.0 Å². The Bertz CT molecular complexity index is 1460. The number of carbonyl (C=O) groups is 1. The van der Waals surface area contributed by atoms with E-state index in [-0.39, 0.29) is 17.0 Å². The average Bonchev–Trinajstić information content (AvgIpc) is 3.17. The molecule has 0 saturated heterocycles. The number of amides is 1. The summed E-state index contributed by atoms with van der Waals surface area (Å²) in [5, 5.41) is 3.72. The van der Waals surface area contributed by atoms with E-state index in [0.29, 0.717) is 11.1 Å². The highest BCUT2D eigenvalue weighted by atomic mass is 16.5. The Morgan fingerprint density at radius 1 is 1.06 bits per heavy atom. The van der Waals surface area contributed by atoms with Crippen molar-refractivity contribution in [2.75, 3.05) is 12.4 Å². The van der Waals surface area contributed by atoms with Crippen LogP contribution in [0.2, 0.25) is 0 Å². The summed E-state index contributed by atoms with van der Waals surface area (Å²) < 4.78 is 5.30. The van der Waals surface area contributed by atoms with Gasteiger partial charge in [-0.15, -0.1) is 0 Å². The molecule has 2 heterocycles. The van der Waals surface area contributed by atoms with Gasteiger partial charge in [-0.05, 0) is 44.0 Å². The van der Waals surface area contributed by atoms with Gasteiger partial charge in [-0.2, -0.15) is 0 Å². The number of allylic oxidation sites excluding steroid dienone is 3. The van der Waals surface area contributed by atoms with Crippen LogP contribution in [0.5, 0.6) is 0 Å². The van der Waals surface area contributed by atoms with Crippen molar-refractivity contribution in [3.63, 3.8) is 0 Å². The minimum Gasteiger partial charge on any atom is -0.491 e. The van der Waals surface area contributed by atoms with Crippen molar-refractivity contribution in [3.05, 3.63) is 87.9 Å². The Kier molecular flexibility index (Phi) is 6.18. The van der Waals surface area contributed by atoms with Crippen LogP contribution in [-0.4, -0.2) is 23.0 Å². The maximum atomic E-state index is 13.3. The molecule has 4 rings (SSSR count). The fourth-order valence-corrected chi connectivity index (χ4v) is 3.80. The molecule has 2 aromatic heterocycles. The molecule has 1 amide bonds. The van der Waals surface area contributed by atoms with Gasteiger partial charge in [0.05, 0.1) is 18.1 Å². The highest BCUT2D eigenvalue weighted by molar-refractivity contribution is 6.14. The summed E-state index contributed by atoms with van der Waals surface area (Å²) in [4.78, 5) is 32.7. The zero-order valence-electron chi connectivity index (χ0n) is 19.2. The van der Waals surface area contributed by atoms with Crippen molar-refractivity contribution in [1.29, 1.82) is 0 Å². The van der Waals surface area contributed by atoms with Crippen LogP contribution in [0.3, 0.4) is 0 Å². The number of H-pyrrole nitrogens is 2. The van der Waals surface area contributed by atoms with Gasteiger partial charge < -0.3 is 20.0 Å². The van der Waals surface area contributed by atoms with Crippen LogP contribution < -0.4 is 10.9 Å². The maximum Gasteiger partial charge on any atom is 0.290 e. The van der Waals surface area contributed by atoms with E-state index >= 15 is 0 Å². The van der Waals surface area contributed by atoms with E-state index in [4.69, 9.17) is 4.74 Å². The van der Waals surface area contributed by atoms with E-state index in [1.165, 1.54) is 7.11 Å². The van der Waals surface area contributed by atoms with Crippen molar-refractivity contribution in [1.82, 2.24) is 9.97 Å². The number of hydrogen-bond acceptors (Lipinski definition) is 3. The van der Waals surface area contributed by atoms with Crippen LogP contribution >= 0.6 is 0 Å². The lowest BCUT2D eigenvalue weighted by atomic mass is 10.0. The van der Waals surface area contributed by atoms with Crippen LogP contribution in [0.15, 0.2) is 76.8 Å². The molecule has 2 aromatic carbocycles. The number of hydrogen-bond donors (Lipinski definition) is 3. The van der Waals surface area contributed by atoms with E-state index < -0.39 is 5.91 Å². The van der Waals surface area contributed by atoms with Crippen molar-refractivity contribution in [2.24, 2.45) is 0 Å². The number of aryl methyl sites for hydroxylation is 1. The third kappa shape index (κ3) is 4.32. The number of nitrogens with one attached hydrogen (secondary N) is 3. The van der Waals surface area contributed by atoms with E-state index in [9.17, 15) is 9.59 Å². The van der Waals surface area contributed by atoms with Gasteiger partial charge in [0.25, 0.3) is 11.5 Å². The molecule has 0 bridgehead atoms. The normalized spacial score (nSPS) is 12.4. The molecule has 33 heavy (non-hydrogen) atoms. The predicted octanol–water partition coefficient (Wildman–Crippen LogP) is 5.81. The van der Waals surface area contributed by atoms with Crippen LogP contribution in [-0.2, 0) is 9.53 Å². The van der Waals surface area contributed by atoms with Gasteiger partial charge in [0.2, 0.25) is 0 Å². The first-order valence-electron chi connectivity index (χ1n) is 10.9. The largest absolute Gasteiger partial charge is 0.491 e. The third-order valence-electron chi connectivity index (χ3n) is 5.74. The first-order valence-corrected chi connectivity index (χ1v) is 10.9. The second kappa shape index (κ2) is 9.20. The molecule has 0 unspecified atom stereocenters. The Morgan fingerprint density at radius 3 is 2.52 bits per heavy atom. The molecule has 0 atom stereocenters.